The summed E-state index contributed by atoms with van der Waals surface area (Å²) in [6.07, 6.45) is 0. The molecule has 0 atom stereocenters. The lowest BCUT2D eigenvalue weighted by Gasteiger charge is -2.23. The van der Waals surface area contributed by atoms with Crippen LogP contribution in [0.25, 0.3) is 241 Å². The Labute approximate surface area is 766 Å². The minimum atomic E-state index is -0.0709. The molecule has 0 amide bonds. The molecule has 2 aliphatic rings. The number of aromatic nitrogens is 2. The van der Waals surface area contributed by atoms with E-state index in [1.165, 1.54) is 263 Å². The molecule has 0 spiro atoms. The van der Waals surface area contributed by atoms with E-state index in [0.29, 0.717) is 0 Å². The van der Waals surface area contributed by atoms with E-state index in [1.807, 2.05) is 0 Å². The molecule has 24 aromatic carbocycles. The molecule has 0 saturated heterocycles. The van der Waals surface area contributed by atoms with Gasteiger partial charge in [0.1, 0.15) is 0 Å². The van der Waals surface area contributed by atoms with Crippen molar-refractivity contribution in [2.75, 3.05) is 0 Å². The van der Waals surface area contributed by atoms with Crippen molar-refractivity contribution >= 4 is 151 Å². The van der Waals surface area contributed by atoms with Gasteiger partial charge in [-0.1, -0.05) is 392 Å². The molecular weight excluding hydrogens is 1590 g/mol. The first-order valence-electron chi connectivity index (χ1n) is 46.3. The van der Waals surface area contributed by atoms with Gasteiger partial charge in [-0.05, 0) is 305 Å². The van der Waals surface area contributed by atoms with Crippen molar-refractivity contribution < 1.29 is 0 Å². The summed E-state index contributed by atoms with van der Waals surface area (Å²) >= 11 is 0. The average Bonchev–Trinajstić information content (AvgIpc) is 0.767. The van der Waals surface area contributed by atoms with Gasteiger partial charge in [0.2, 0.25) is 0 Å². The van der Waals surface area contributed by atoms with E-state index in [0.717, 1.165) is 0 Å². The van der Waals surface area contributed by atoms with Crippen molar-refractivity contribution in [1.29, 1.82) is 0 Å². The van der Waals surface area contributed by atoms with Crippen LogP contribution in [0.1, 0.15) is 49.9 Å². The van der Waals surface area contributed by atoms with E-state index >= 15 is 0 Å². The van der Waals surface area contributed by atoms with Crippen LogP contribution in [0, 0.1) is 0 Å². The fourth-order valence-electron chi connectivity index (χ4n) is 23.1. The Hall–Kier alpha value is -16.5. The van der Waals surface area contributed by atoms with Crippen molar-refractivity contribution in [2.24, 2.45) is 0 Å². The second-order valence-electron chi connectivity index (χ2n) is 37.2. The zero-order chi connectivity index (χ0) is 87.6. The molecule has 2 nitrogen and oxygen atoms in total. The molecule has 0 fully saturated rings. The first-order chi connectivity index (χ1) is 65.0. The molecule has 132 heavy (non-hydrogen) atoms. The number of rotatable bonds is 7. The van der Waals surface area contributed by atoms with Crippen molar-refractivity contribution in [1.82, 2.24) is 9.13 Å². The monoisotopic (exact) mass is 1680 g/mol. The standard InChI is InChI=1S/C54H40.C40H25N.C36H23N/c1-53(2)49-19-11-9-17-43(49)45-25-22-34(30-51(45)53)36-27-37(35-23-26-46-44-18-10-12-20-50(44)54(3,4)52(46)31-35)29-38(28-36)47-32-48-39-14-6-5-13-33(39)21-24-42(48)40-15-7-8-16-41(40)47;1-2-12-27(13-3-1)41-38-21-11-10-18-32(38)33-23-22-26(24-39(33)41)36-25-37-30-16-5-4-14-28(30)29-15-6-8-19-34(29)40(37)35-20-9-7-17-31(35)36;1-2-11-26(12-3-1)37-35-17-9-8-16-31(35)32-21-19-25(22-36(32)37)33-23-34-27-13-5-4-10-24(27)18-20-30(34)28-14-6-7-15-29(28)33/h5-32H,1-4H3;1-25H;1-23H. The van der Waals surface area contributed by atoms with Gasteiger partial charge in [-0.3, -0.25) is 0 Å². The number of hydrogen-bond donors (Lipinski definition) is 0. The minimum absolute atomic E-state index is 0.0709. The SMILES string of the molecule is CC1(C)c2ccccc2-c2ccc(-c3cc(-c4ccc5c(c4)C(C)(C)c4ccccc4-5)cc(-c4cc5c6ccccc6ccc5c5ccccc45)c3)cc21.c1ccc(-n2c3ccccc3c3ccc(-c4cc5c6ccccc6c6ccccc6c5c5ccccc45)cc32)cc1.c1ccc(-n2c3ccccc3c3ccc(-c4cc5c6ccccc6ccc5c5ccccc45)cc32)cc1. The van der Waals surface area contributed by atoms with Gasteiger partial charge in [0.05, 0.1) is 22.1 Å². The van der Waals surface area contributed by atoms with E-state index < -0.39 is 0 Å². The van der Waals surface area contributed by atoms with Crippen molar-refractivity contribution in [2.45, 2.75) is 38.5 Å². The predicted octanol–water partition coefficient (Wildman–Crippen LogP) is 35.7. The quantitative estimate of drug-likeness (QED) is 0.141. The highest BCUT2D eigenvalue weighted by Crippen LogP contribution is 2.54. The summed E-state index contributed by atoms with van der Waals surface area (Å²) in [5.41, 5.74) is 30.6. The Bertz CT molecular complexity index is 9210. The summed E-state index contributed by atoms with van der Waals surface area (Å²) < 4.78 is 4.80. The Kier molecular flexibility index (Phi) is 17.5. The van der Waals surface area contributed by atoms with Crippen molar-refractivity contribution in [3.05, 3.63) is 483 Å². The summed E-state index contributed by atoms with van der Waals surface area (Å²) in [6.45, 7) is 9.50. The van der Waals surface area contributed by atoms with Gasteiger partial charge in [-0.2, -0.15) is 0 Å². The molecule has 2 heteroatoms. The fraction of sp³-hybridized carbons (Fsp3) is 0.0462. The third-order valence-electron chi connectivity index (χ3n) is 29.4. The molecule has 2 aliphatic carbocycles. The summed E-state index contributed by atoms with van der Waals surface area (Å²) in [7, 11) is 0. The first kappa shape index (κ1) is 76.7. The van der Waals surface area contributed by atoms with Crippen LogP contribution in [-0.4, -0.2) is 9.13 Å². The zero-order valence-electron chi connectivity index (χ0n) is 73.8. The third kappa shape index (κ3) is 12.0. The van der Waals surface area contributed by atoms with E-state index in [2.05, 4.69) is 498 Å². The Balaban J connectivity index is 0.000000106. The van der Waals surface area contributed by atoms with Crippen LogP contribution >= 0.6 is 0 Å². The third-order valence-corrected chi connectivity index (χ3v) is 29.4. The van der Waals surface area contributed by atoms with Crippen LogP contribution < -0.4 is 0 Å². The maximum absolute atomic E-state index is 2.46. The molecule has 2 aromatic heterocycles. The Morgan fingerprint density at radius 2 is 0.432 bits per heavy atom. The first-order valence-corrected chi connectivity index (χ1v) is 46.3. The minimum Gasteiger partial charge on any atom is -0.309 e. The largest absolute Gasteiger partial charge is 0.309 e. The second kappa shape index (κ2) is 30.1. The smallest absolute Gasteiger partial charge is 0.0547 e. The number of nitrogens with zero attached hydrogens (tertiary/aromatic N) is 2. The summed E-state index contributed by atoms with van der Waals surface area (Å²) in [6, 6.07) is 171. The number of fused-ring (bicyclic) bond motifs is 30. The molecule has 618 valence electrons. The topological polar surface area (TPSA) is 9.86 Å². The Morgan fingerprint density at radius 1 is 0.144 bits per heavy atom. The van der Waals surface area contributed by atoms with Gasteiger partial charge in [-0.15, -0.1) is 0 Å². The maximum Gasteiger partial charge on any atom is 0.0547 e. The van der Waals surface area contributed by atoms with E-state index in [9.17, 15) is 0 Å². The lowest BCUT2D eigenvalue weighted by atomic mass is 9.80. The van der Waals surface area contributed by atoms with E-state index in [4.69, 9.17) is 0 Å². The lowest BCUT2D eigenvalue weighted by molar-refractivity contribution is 0.660. The summed E-state index contributed by atoms with van der Waals surface area (Å²) in [4.78, 5) is 0. The van der Waals surface area contributed by atoms with E-state index in [1.54, 1.807) is 0 Å². The van der Waals surface area contributed by atoms with Crippen LogP contribution in [-0.2, 0) is 10.8 Å². The number of para-hydroxylation sites is 4. The molecule has 0 bridgehead atoms. The van der Waals surface area contributed by atoms with Gasteiger partial charge < -0.3 is 9.13 Å². The highest BCUT2D eigenvalue weighted by molar-refractivity contribution is 6.33. The van der Waals surface area contributed by atoms with Gasteiger partial charge in [-0.25, -0.2) is 0 Å². The van der Waals surface area contributed by atoms with Crippen LogP contribution in [0.3, 0.4) is 0 Å². The molecular formula is C130H88N2. The van der Waals surface area contributed by atoms with Crippen molar-refractivity contribution in [3.63, 3.8) is 0 Å². The van der Waals surface area contributed by atoms with Gasteiger partial charge >= 0.3 is 0 Å². The molecule has 0 radical (unpaired) electrons. The molecule has 0 aliphatic heterocycles. The lowest BCUT2D eigenvalue weighted by Crippen LogP contribution is -2.15. The van der Waals surface area contributed by atoms with Crippen molar-refractivity contribution in [3.8, 4) is 89.3 Å². The number of benzene rings is 24. The summed E-state index contributed by atoms with van der Waals surface area (Å²) in [5, 5.41) is 31.0. The highest BCUT2D eigenvalue weighted by atomic mass is 15.0. The van der Waals surface area contributed by atoms with Gasteiger partial charge in [0, 0.05) is 43.7 Å². The van der Waals surface area contributed by atoms with Crippen LogP contribution in [0.4, 0.5) is 0 Å². The molecule has 2 heterocycles. The second-order valence-corrected chi connectivity index (χ2v) is 37.2. The normalized spacial score (nSPS) is 13.0. The molecule has 28 rings (SSSR count). The maximum atomic E-state index is 2.46. The van der Waals surface area contributed by atoms with Gasteiger partial charge in [0.15, 0.2) is 0 Å². The fourth-order valence-corrected chi connectivity index (χ4v) is 23.1. The zero-order valence-corrected chi connectivity index (χ0v) is 73.8. The molecule has 0 N–H and O–H groups in total. The van der Waals surface area contributed by atoms with Gasteiger partial charge in [0.25, 0.3) is 0 Å². The molecule has 0 saturated carbocycles. The molecule has 0 unspecified atom stereocenters. The van der Waals surface area contributed by atoms with Crippen LogP contribution in [0.5, 0.6) is 0 Å². The highest BCUT2D eigenvalue weighted by Gasteiger charge is 2.37. The molecule has 26 aromatic rings. The average molecular weight is 1680 g/mol. The predicted molar refractivity (Wildman–Crippen MR) is 565 cm³/mol. The summed E-state index contributed by atoms with van der Waals surface area (Å²) in [5.74, 6) is 0. The van der Waals surface area contributed by atoms with Crippen LogP contribution in [0.15, 0.2) is 461 Å². The van der Waals surface area contributed by atoms with Crippen LogP contribution in [0.2, 0.25) is 0 Å². The number of hydrogen-bond acceptors (Lipinski definition) is 0. The van der Waals surface area contributed by atoms with E-state index in [-0.39, 0.29) is 10.8 Å². The Morgan fingerprint density at radius 3 is 0.886 bits per heavy atom.